The zero-order valence-electron chi connectivity index (χ0n) is 7.53. The van der Waals surface area contributed by atoms with Crippen LogP contribution in [-0.4, -0.2) is 19.2 Å². The third kappa shape index (κ3) is 1.40. The van der Waals surface area contributed by atoms with E-state index in [0.29, 0.717) is 10.8 Å². The first-order chi connectivity index (χ1) is 6.72. The normalized spacial score (nSPS) is 24.9. The van der Waals surface area contributed by atoms with E-state index < -0.39 is 0 Å². The molecule has 1 aliphatic heterocycles. The van der Waals surface area contributed by atoms with Crippen LogP contribution in [0.2, 0.25) is 0 Å². The highest BCUT2D eigenvalue weighted by Gasteiger charge is 2.27. The second kappa shape index (κ2) is 3.42. The molecule has 1 heterocycles. The van der Waals surface area contributed by atoms with Crippen molar-refractivity contribution in [2.45, 2.75) is 0 Å². The number of nitrogens with zero attached hydrogens (tertiary/aromatic N) is 1. The number of methoxy groups -OCH3 is 1. The average Bonchev–Trinajstić information content (AvgIpc) is 2.23. The first-order valence-electron chi connectivity index (χ1n) is 4.14. The zero-order chi connectivity index (χ0) is 10.1. The Morgan fingerprint density at radius 2 is 2.29 bits per heavy atom. The molecule has 1 atom stereocenters. The lowest BCUT2D eigenvalue weighted by Crippen LogP contribution is -2.19. The van der Waals surface area contributed by atoms with Gasteiger partial charge in [0.05, 0.1) is 18.1 Å². The molecule has 2 rings (SSSR count). The highest BCUT2D eigenvalue weighted by molar-refractivity contribution is 6.41. The van der Waals surface area contributed by atoms with Crippen LogP contribution in [-0.2, 0) is 9.53 Å². The first kappa shape index (κ1) is 9.21. The van der Waals surface area contributed by atoms with E-state index in [1.165, 1.54) is 6.21 Å². The van der Waals surface area contributed by atoms with Crippen molar-refractivity contribution in [1.29, 1.82) is 0 Å². The lowest BCUT2D eigenvalue weighted by atomic mass is 9.91. The van der Waals surface area contributed by atoms with E-state index in [1.54, 1.807) is 25.3 Å². The maximum Gasteiger partial charge on any atom is 0.257 e. The highest BCUT2D eigenvalue weighted by Crippen LogP contribution is 2.30. The maximum atomic E-state index is 11.4. The van der Waals surface area contributed by atoms with Gasteiger partial charge in [0.15, 0.2) is 0 Å². The number of rotatable bonds is 1. The molecule has 0 saturated carbocycles. The van der Waals surface area contributed by atoms with Crippen LogP contribution in [0.15, 0.2) is 39.6 Å². The molecule has 0 aromatic rings. The molecule has 0 radical (unpaired) electrons. The molecule has 0 spiro atoms. The van der Waals surface area contributed by atoms with E-state index in [-0.39, 0.29) is 11.8 Å². The Hall–Kier alpha value is -1.35. The summed E-state index contributed by atoms with van der Waals surface area (Å²) in [5.41, 5.74) is 0.785. The van der Waals surface area contributed by atoms with Crippen molar-refractivity contribution in [2.75, 3.05) is 7.11 Å². The van der Waals surface area contributed by atoms with Crippen LogP contribution in [0.5, 0.6) is 0 Å². The number of dihydropyridines is 1. The van der Waals surface area contributed by atoms with Gasteiger partial charge in [-0.15, -0.1) is 0 Å². The molecular weight excluding hydrogens is 202 g/mol. The second-order valence-electron chi connectivity index (χ2n) is 2.98. The molecule has 14 heavy (non-hydrogen) atoms. The monoisotopic (exact) mass is 209 g/mol. The Kier molecular flexibility index (Phi) is 2.25. The minimum absolute atomic E-state index is 0.205. The summed E-state index contributed by atoms with van der Waals surface area (Å²) in [4.78, 5) is 15.1. The smallest absolute Gasteiger partial charge is 0.257 e. The van der Waals surface area contributed by atoms with Gasteiger partial charge in [-0.3, -0.25) is 4.79 Å². The van der Waals surface area contributed by atoms with Crippen molar-refractivity contribution in [3.63, 3.8) is 0 Å². The molecule has 0 N–H and O–H groups in total. The van der Waals surface area contributed by atoms with Gasteiger partial charge in [0.2, 0.25) is 0 Å². The summed E-state index contributed by atoms with van der Waals surface area (Å²) >= 11 is 5.90. The molecule has 4 heteroatoms. The summed E-state index contributed by atoms with van der Waals surface area (Å²) in [6.07, 6.45) is 6.66. The van der Waals surface area contributed by atoms with Gasteiger partial charge in [-0.05, 0) is 17.7 Å². The predicted octanol–water partition coefficient (Wildman–Crippen LogP) is 1.81. The molecule has 0 aromatic heterocycles. The van der Waals surface area contributed by atoms with E-state index >= 15 is 0 Å². The van der Waals surface area contributed by atoms with Gasteiger partial charge in [-0.2, -0.15) is 0 Å². The van der Waals surface area contributed by atoms with Gasteiger partial charge in [0.1, 0.15) is 5.76 Å². The van der Waals surface area contributed by atoms with Crippen LogP contribution in [0, 0.1) is 5.92 Å². The first-order valence-corrected chi connectivity index (χ1v) is 4.51. The SMILES string of the molecule is COC1=CC2C(=O)N=CC(Cl)=C2C=C1. The van der Waals surface area contributed by atoms with Crippen LogP contribution in [0.3, 0.4) is 0 Å². The van der Waals surface area contributed by atoms with Crippen molar-refractivity contribution >= 4 is 23.7 Å². The molecule has 2 aliphatic rings. The quantitative estimate of drug-likeness (QED) is 0.661. The van der Waals surface area contributed by atoms with Gasteiger partial charge in [0, 0.05) is 6.21 Å². The van der Waals surface area contributed by atoms with Gasteiger partial charge in [-0.1, -0.05) is 17.7 Å². The molecule has 1 unspecified atom stereocenters. The minimum atomic E-state index is -0.382. The fourth-order valence-corrected chi connectivity index (χ4v) is 1.66. The molecule has 1 aliphatic carbocycles. The van der Waals surface area contributed by atoms with E-state index in [9.17, 15) is 4.79 Å². The number of halogens is 1. The lowest BCUT2D eigenvalue weighted by molar-refractivity contribution is -0.119. The number of hydrogen-bond donors (Lipinski definition) is 0. The number of ether oxygens (including phenoxy) is 1. The Morgan fingerprint density at radius 3 is 3.00 bits per heavy atom. The topological polar surface area (TPSA) is 38.7 Å². The lowest BCUT2D eigenvalue weighted by Gasteiger charge is -2.19. The van der Waals surface area contributed by atoms with Crippen LogP contribution in [0.4, 0.5) is 0 Å². The van der Waals surface area contributed by atoms with Gasteiger partial charge < -0.3 is 4.74 Å². The summed E-state index contributed by atoms with van der Waals surface area (Å²) in [6.45, 7) is 0. The third-order valence-corrected chi connectivity index (χ3v) is 2.49. The molecule has 0 aromatic carbocycles. The number of allylic oxidation sites excluding steroid dienone is 3. The van der Waals surface area contributed by atoms with Gasteiger partial charge >= 0.3 is 0 Å². The minimum Gasteiger partial charge on any atom is -0.497 e. The summed E-state index contributed by atoms with van der Waals surface area (Å²) < 4.78 is 5.03. The van der Waals surface area contributed by atoms with Crippen LogP contribution < -0.4 is 0 Å². The summed E-state index contributed by atoms with van der Waals surface area (Å²) in [7, 11) is 1.56. The molecular formula is C10H8ClNO2. The number of carbonyl (C=O) groups excluding carboxylic acids is 1. The van der Waals surface area contributed by atoms with E-state index in [0.717, 1.165) is 5.57 Å². The van der Waals surface area contributed by atoms with E-state index in [1.807, 2.05) is 0 Å². The van der Waals surface area contributed by atoms with Crippen molar-refractivity contribution < 1.29 is 9.53 Å². The Labute approximate surface area is 86.4 Å². The fraction of sp³-hybridized carbons (Fsp3) is 0.200. The molecule has 0 saturated heterocycles. The molecule has 1 amide bonds. The predicted molar refractivity (Wildman–Crippen MR) is 54.1 cm³/mol. The number of hydrogen-bond acceptors (Lipinski definition) is 2. The van der Waals surface area contributed by atoms with Crippen molar-refractivity contribution in [1.82, 2.24) is 0 Å². The second-order valence-corrected chi connectivity index (χ2v) is 3.39. The zero-order valence-corrected chi connectivity index (χ0v) is 8.28. The molecule has 72 valence electrons. The molecule has 3 nitrogen and oxygen atoms in total. The van der Waals surface area contributed by atoms with E-state index in [2.05, 4.69) is 4.99 Å². The number of carbonyl (C=O) groups is 1. The number of amides is 1. The summed E-state index contributed by atoms with van der Waals surface area (Å²) in [6, 6.07) is 0. The van der Waals surface area contributed by atoms with Gasteiger partial charge in [0.25, 0.3) is 5.91 Å². The Bertz CT molecular complexity index is 404. The van der Waals surface area contributed by atoms with Gasteiger partial charge in [-0.25, -0.2) is 4.99 Å². The summed E-state index contributed by atoms with van der Waals surface area (Å²) in [5.74, 6) is 0.0735. The third-order valence-electron chi connectivity index (χ3n) is 2.18. The van der Waals surface area contributed by atoms with Crippen molar-refractivity contribution in [2.24, 2.45) is 10.9 Å². The van der Waals surface area contributed by atoms with Crippen LogP contribution >= 0.6 is 11.6 Å². The number of aliphatic imine (C=N–C) groups is 1. The van der Waals surface area contributed by atoms with Crippen LogP contribution in [0.1, 0.15) is 0 Å². The van der Waals surface area contributed by atoms with Crippen molar-refractivity contribution in [3.8, 4) is 0 Å². The van der Waals surface area contributed by atoms with Crippen molar-refractivity contribution in [3.05, 3.63) is 34.6 Å². The largest absolute Gasteiger partial charge is 0.497 e. The molecule has 0 bridgehead atoms. The van der Waals surface area contributed by atoms with Crippen LogP contribution in [0.25, 0.3) is 0 Å². The highest BCUT2D eigenvalue weighted by atomic mass is 35.5. The van der Waals surface area contributed by atoms with E-state index in [4.69, 9.17) is 16.3 Å². The average molecular weight is 210 g/mol. The Morgan fingerprint density at radius 1 is 1.50 bits per heavy atom. The summed E-state index contributed by atoms with van der Waals surface area (Å²) in [5, 5.41) is 0.511. The molecule has 0 fully saturated rings. The fourth-order valence-electron chi connectivity index (χ4n) is 1.43. The standard InChI is InChI=1S/C10H8ClNO2/c1-14-6-2-3-7-8(4-6)10(13)12-5-9(7)11/h2-5,8H,1H3. The Balaban J connectivity index is 2.43. The number of fused-ring (bicyclic) bond motifs is 1. The maximum absolute atomic E-state index is 11.4.